The van der Waals surface area contributed by atoms with E-state index in [-0.39, 0.29) is 0 Å². The van der Waals surface area contributed by atoms with Crippen molar-refractivity contribution >= 4 is 11.7 Å². The Balaban J connectivity index is 1.28. The second-order valence-corrected chi connectivity index (χ2v) is 7.79. The standard InChI is InChI=1S/C23H28N2O2/c26-23(27)20-8-12-22(13-9-20)25-16-14-24(15-17-25)21-10-6-19(7-11-21)18-4-2-1-3-5-18/h1-5,8-9,12-13,19,21H,6-7,10-11,14-17H2,(H,26,27). The molecule has 0 aromatic heterocycles. The van der Waals surface area contributed by atoms with Gasteiger partial charge in [-0.05, 0) is 61.4 Å². The first-order valence-corrected chi connectivity index (χ1v) is 10.1. The van der Waals surface area contributed by atoms with Crippen LogP contribution in [0.25, 0.3) is 0 Å². The molecule has 1 aliphatic carbocycles. The Morgan fingerprint density at radius 1 is 0.815 bits per heavy atom. The summed E-state index contributed by atoms with van der Waals surface area (Å²) in [7, 11) is 0. The highest BCUT2D eigenvalue weighted by Crippen LogP contribution is 2.35. The summed E-state index contributed by atoms with van der Waals surface area (Å²) < 4.78 is 0. The van der Waals surface area contributed by atoms with Crippen molar-refractivity contribution in [1.29, 1.82) is 0 Å². The van der Waals surface area contributed by atoms with Crippen LogP contribution in [0.3, 0.4) is 0 Å². The molecule has 27 heavy (non-hydrogen) atoms. The number of anilines is 1. The number of benzene rings is 2. The van der Waals surface area contributed by atoms with Crippen molar-refractivity contribution in [3.63, 3.8) is 0 Å². The number of rotatable bonds is 4. The first-order valence-electron chi connectivity index (χ1n) is 10.1. The van der Waals surface area contributed by atoms with Crippen LogP contribution in [0.5, 0.6) is 0 Å². The highest BCUT2D eigenvalue weighted by Gasteiger charge is 2.28. The molecule has 2 aliphatic rings. The molecule has 0 spiro atoms. The minimum absolute atomic E-state index is 0.354. The van der Waals surface area contributed by atoms with Crippen molar-refractivity contribution < 1.29 is 9.90 Å². The molecule has 1 saturated carbocycles. The molecular formula is C23H28N2O2. The first kappa shape index (κ1) is 18.1. The zero-order valence-corrected chi connectivity index (χ0v) is 15.8. The van der Waals surface area contributed by atoms with Gasteiger partial charge >= 0.3 is 5.97 Å². The summed E-state index contributed by atoms with van der Waals surface area (Å²) in [6, 6.07) is 19.0. The summed E-state index contributed by atoms with van der Waals surface area (Å²) in [5.74, 6) is -0.131. The lowest BCUT2D eigenvalue weighted by Crippen LogP contribution is -2.51. The maximum absolute atomic E-state index is 11.0. The zero-order valence-electron chi connectivity index (χ0n) is 15.8. The maximum atomic E-state index is 11.0. The monoisotopic (exact) mass is 364 g/mol. The van der Waals surface area contributed by atoms with Gasteiger partial charge in [0, 0.05) is 37.9 Å². The van der Waals surface area contributed by atoms with E-state index in [2.05, 4.69) is 40.1 Å². The van der Waals surface area contributed by atoms with Gasteiger partial charge in [-0.1, -0.05) is 30.3 Å². The summed E-state index contributed by atoms with van der Waals surface area (Å²) >= 11 is 0. The minimum Gasteiger partial charge on any atom is -0.478 e. The van der Waals surface area contributed by atoms with Gasteiger partial charge < -0.3 is 10.0 Å². The molecule has 4 heteroatoms. The molecule has 1 saturated heterocycles. The molecule has 4 nitrogen and oxygen atoms in total. The van der Waals surface area contributed by atoms with Crippen molar-refractivity contribution in [3.05, 3.63) is 65.7 Å². The molecule has 142 valence electrons. The fourth-order valence-corrected chi connectivity index (χ4v) is 4.66. The Morgan fingerprint density at radius 3 is 2.04 bits per heavy atom. The lowest BCUT2D eigenvalue weighted by atomic mass is 9.81. The van der Waals surface area contributed by atoms with Gasteiger partial charge in [-0.3, -0.25) is 4.90 Å². The number of hydrogen-bond acceptors (Lipinski definition) is 3. The second kappa shape index (κ2) is 8.13. The number of piperazine rings is 1. The third-order valence-electron chi connectivity index (χ3n) is 6.28. The highest BCUT2D eigenvalue weighted by molar-refractivity contribution is 5.88. The van der Waals surface area contributed by atoms with Crippen LogP contribution in [0.1, 0.15) is 47.5 Å². The van der Waals surface area contributed by atoms with Crippen molar-refractivity contribution in [2.45, 2.75) is 37.6 Å². The van der Waals surface area contributed by atoms with Crippen LogP contribution in [-0.2, 0) is 0 Å². The number of carboxylic acids is 1. The van der Waals surface area contributed by atoms with E-state index in [1.54, 1.807) is 12.1 Å². The van der Waals surface area contributed by atoms with Gasteiger partial charge in [0.2, 0.25) is 0 Å². The fourth-order valence-electron chi connectivity index (χ4n) is 4.66. The Bertz CT molecular complexity index is 744. The topological polar surface area (TPSA) is 43.8 Å². The number of aromatic carboxylic acids is 1. The fraction of sp³-hybridized carbons (Fsp3) is 0.435. The van der Waals surface area contributed by atoms with Crippen LogP contribution in [0, 0.1) is 0 Å². The van der Waals surface area contributed by atoms with Crippen LogP contribution in [0.4, 0.5) is 5.69 Å². The SMILES string of the molecule is O=C(O)c1ccc(N2CCN(C3CCC(c4ccccc4)CC3)CC2)cc1. The van der Waals surface area contributed by atoms with Gasteiger partial charge in [-0.15, -0.1) is 0 Å². The minimum atomic E-state index is -0.863. The second-order valence-electron chi connectivity index (χ2n) is 7.79. The lowest BCUT2D eigenvalue weighted by Gasteiger charge is -2.42. The smallest absolute Gasteiger partial charge is 0.335 e. The quantitative estimate of drug-likeness (QED) is 0.882. The summed E-state index contributed by atoms with van der Waals surface area (Å²) in [5.41, 5.74) is 2.99. The molecule has 0 unspecified atom stereocenters. The average molecular weight is 364 g/mol. The molecule has 0 bridgehead atoms. The third-order valence-corrected chi connectivity index (χ3v) is 6.28. The van der Waals surface area contributed by atoms with E-state index in [4.69, 9.17) is 5.11 Å². The van der Waals surface area contributed by atoms with E-state index in [0.29, 0.717) is 5.56 Å². The predicted molar refractivity (Wildman–Crippen MR) is 109 cm³/mol. The molecular weight excluding hydrogens is 336 g/mol. The van der Waals surface area contributed by atoms with E-state index in [1.807, 2.05) is 12.1 Å². The average Bonchev–Trinajstić information content (AvgIpc) is 2.75. The molecule has 1 N–H and O–H groups in total. The van der Waals surface area contributed by atoms with Crippen molar-refractivity contribution in [2.75, 3.05) is 31.1 Å². The van der Waals surface area contributed by atoms with E-state index in [1.165, 1.54) is 31.2 Å². The summed E-state index contributed by atoms with van der Waals surface area (Å²) in [5, 5.41) is 9.04. The van der Waals surface area contributed by atoms with Crippen molar-refractivity contribution in [2.24, 2.45) is 0 Å². The van der Waals surface area contributed by atoms with Crippen LogP contribution < -0.4 is 4.90 Å². The molecule has 2 fully saturated rings. The molecule has 1 aliphatic heterocycles. The van der Waals surface area contributed by atoms with Crippen LogP contribution in [0.2, 0.25) is 0 Å². The van der Waals surface area contributed by atoms with Crippen LogP contribution in [0.15, 0.2) is 54.6 Å². The van der Waals surface area contributed by atoms with Crippen LogP contribution in [-0.4, -0.2) is 48.2 Å². The molecule has 0 radical (unpaired) electrons. The van der Waals surface area contributed by atoms with E-state index < -0.39 is 5.97 Å². The zero-order chi connectivity index (χ0) is 18.6. The van der Waals surface area contributed by atoms with E-state index in [0.717, 1.165) is 43.8 Å². The summed E-state index contributed by atoms with van der Waals surface area (Å²) in [6.07, 6.45) is 5.19. The Morgan fingerprint density at radius 2 is 1.44 bits per heavy atom. The largest absolute Gasteiger partial charge is 0.478 e. The molecule has 0 atom stereocenters. The van der Waals surface area contributed by atoms with Gasteiger partial charge in [0.05, 0.1) is 5.56 Å². The van der Waals surface area contributed by atoms with Gasteiger partial charge in [0.1, 0.15) is 0 Å². The normalized spacial score (nSPS) is 23.9. The molecule has 4 rings (SSSR count). The number of hydrogen-bond donors (Lipinski definition) is 1. The van der Waals surface area contributed by atoms with Crippen molar-refractivity contribution in [1.82, 2.24) is 4.90 Å². The Labute approximate surface area is 161 Å². The van der Waals surface area contributed by atoms with E-state index in [9.17, 15) is 4.79 Å². The van der Waals surface area contributed by atoms with Crippen molar-refractivity contribution in [3.8, 4) is 0 Å². The number of carboxylic acid groups (broad SMARTS) is 1. The first-order chi connectivity index (χ1) is 13.2. The number of nitrogens with zero attached hydrogens (tertiary/aromatic N) is 2. The Kier molecular flexibility index (Phi) is 5.44. The summed E-state index contributed by atoms with van der Waals surface area (Å²) in [4.78, 5) is 16.0. The Hall–Kier alpha value is -2.33. The van der Waals surface area contributed by atoms with E-state index >= 15 is 0 Å². The summed E-state index contributed by atoms with van der Waals surface area (Å²) in [6.45, 7) is 4.23. The van der Waals surface area contributed by atoms with Gasteiger partial charge in [0.25, 0.3) is 0 Å². The molecule has 2 aromatic carbocycles. The molecule has 0 amide bonds. The molecule has 2 aromatic rings. The van der Waals surface area contributed by atoms with Gasteiger partial charge in [-0.25, -0.2) is 4.79 Å². The lowest BCUT2D eigenvalue weighted by molar-refractivity contribution is 0.0697. The highest BCUT2D eigenvalue weighted by atomic mass is 16.4. The molecule has 1 heterocycles. The third kappa shape index (κ3) is 4.16. The number of carbonyl (C=O) groups is 1. The van der Waals surface area contributed by atoms with Gasteiger partial charge in [0.15, 0.2) is 0 Å². The predicted octanol–water partition coefficient (Wildman–Crippen LogP) is 4.23. The van der Waals surface area contributed by atoms with Gasteiger partial charge in [-0.2, -0.15) is 0 Å². The maximum Gasteiger partial charge on any atom is 0.335 e. The van der Waals surface area contributed by atoms with Crippen LogP contribution >= 0.6 is 0 Å².